The van der Waals surface area contributed by atoms with E-state index in [1.54, 1.807) is 12.5 Å². The van der Waals surface area contributed by atoms with Gasteiger partial charge in [0.1, 0.15) is 6.26 Å². The van der Waals surface area contributed by atoms with Gasteiger partial charge in [-0.05, 0) is 91.2 Å². The Bertz CT molecular complexity index is 1100. The molecule has 3 aromatic rings. The van der Waals surface area contributed by atoms with Crippen molar-refractivity contribution < 1.29 is 9.21 Å². The Labute approximate surface area is 184 Å². The van der Waals surface area contributed by atoms with E-state index < -0.39 is 0 Å². The van der Waals surface area contributed by atoms with Gasteiger partial charge in [0.05, 0.1) is 6.20 Å². The predicted octanol–water partition coefficient (Wildman–Crippen LogP) is 5.90. The number of ketones is 1. The maximum atomic E-state index is 12.5. The van der Waals surface area contributed by atoms with Gasteiger partial charge in [0.25, 0.3) is 0 Å². The summed E-state index contributed by atoms with van der Waals surface area (Å²) >= 11 is 0. The molecule has 4 nitrogen and oxygen atoms in total. The summed E-state index contributed by atoms with van der Waals surface area (Å²) < 4.78 is 5.60. The molecule has 0 fully saturated rings. The van der Waals surface area contributed by atoms with E-state index in [0.717, 1.165) is 56.4 Å². The van der Waals surface area contributed by atoms with Gasteiger partial charge in [-0.2, -0.15) is 0 Å². The largest absolute Gasteiger partial charge is 0.445 e. The second kappa shape index (κ2) is 8.43. The van der Waals surface area contributed by atoms with Crippen LogP contribution in [0.1, 0.15) is 66.1 Å². The first kappa shape index (κ1) is 20.2. The lowest BCUT2D eigenvalue weighted by Crippen LogP contribution is -2.25. The third-order valence-corrected chi connectivity index (χ3v) is 7.19. The molecule has 4 heteroatoms. The van der Waals surface area contributed by atoms with Crippen LogP contribution in [0.25, 0.3) is 22.6 Å². The van der Waals surface area contributed by atoms with Crippen molar-refractivity contribution in [2.75, 3.05) is 19.6 Å². The predicted molar refractivity (Wildman–Crippen MR) is 123 cm³/mol. The number of fused-ring (bicyclic) bond motifs is 5. The average Bonchev–Trinajstić information content (AvgIpc) is 3.43. The summed E-state index contributed by atoms with van der Waals surface area (Å²) in [4.78, 5) is 19.4. The number of rotatable bonds is 6. The van der Waals surface area contributed by atoms with E-state index in [1.807, 2.05) is 0 Å². The molecule has 1 unspecified atom stereocenters. The fourth-order valence-corrected chi connectivity index (χ4v) is 5.43. The van der Waals surface area contributed by atoms with E-state index in [0.29, 0.717) is 18.2 Å². The summed E-state index contributed by atoms with van der Waals surface area (Å²) in [5, 5.41) is 0. The minimum atomic E-state index is 0.283. The molecule has 2 aliphatic rings. The minimum Gasteiger partial charge on any atom is -0.445 e. The fraction of sp³-hybridized carbons (Fsp3) is 0.407. The van der Waals surface area contributed by atoms with Crippen LogP contribution in [0.3, 0.4) is 0 Å². The highest BCUT2D eigenvalue weighted by atomic mass is 16.3. The van der Waals surface area contributed by atoms with Gasteiger partial charge in [-0.25, -0.2) is 4.98 Å². The highest BCUT2D eigenvalue weighted by Gasteiger charge is 2.30. The van der Waals surface area contributed by atoms with Gasteiger partial charge in [0, 0.05) is 17.5 Å². The third-order valence-electron chi connectivity index (χ3n) is 7.19. The molecule has 31 heavy (non-hydrogen) atoms. The van der Waals surface area contributed by atoms with E-state index in [4.69, 9.17) is 4.42 Å². The lowest BCUT2D eigenvalue weighted by Gasteiger charge is -2.23. The second-order valence-corrected chi connectivity index (χ2v) is 8.74. The van der Waals surface area contributed by atoms with Gasteiger partial charge in [0.2, 0.25) is 5.89 Å². The van der Waals surface area contributed by atoms with Crippen LogP contribution in [0.4, 0.5) is 0 Å². The van der Waals surface area contributed by atoms with E-state index >= 15 is 0 Å². The van der Waals surface area contributed by atoms with Gasteiger partial charge >= 0.3 is 0 Å². The molecule has 1 aromatic heterocycles. The molecule has 0 aliphatic heterocycles. The molecular weight excluding hydrogens is 384 g/mol. The van der Waals surface area contributed by atoms with Crippen molar-refractivity contribution in [1.29, 1.82) is 0 Å². The molecule has 0 saturated carbocycles. The molecule has 1 heterocycles. The molecule has 0 N–H and O–H groups in total. The number of oxazole rings is 1. The summed E-state index contributed by atoms with van der Waals surface area (Å²) in [7, 11) is 0. The first-order valence-corrected chi connectivity index (χ1v) is 11.6. The van der Waals surface area contributed by atoms with Gasteiger partial charge < -0.3 is 9.32 Å². The van der Waals surface area contributed by atoms with Gasteiger partial charge in [-0.3, -0.25) is 4.79 Å². The van der Waals surface area contributed by atoms with E-state index in [1.165, 1.54) is 27.8 Å². The quantitative estimate of drug-likeness (QED) is 0.504. The van der Waals surface area contributed by atoms with E-state index in [2.05, 4.69) is 54.1 Å². The number of aromatic nitrogens is 1. The summed E-state index contributed by atoms with van der Waals surface area (Å²) in [5.74, 6) is 1.44. The van der Waals surface area contributed by atoms with Crippen molar-refractivity contribution in [3.63, 3.8) is 0 Å². The van der Waals surface area contributed by atoms with Crippen LogP contribution in [0, 0.1) is 0 Å². The second-order valence-electron chi connectivity index (χ2n) is 8.74. The Kier molecular flexibility index (Phi) is 5.49. The summed E-state index contributed by atoms with van der Waals surface area (Å²) in [5.41, 5.74) is 8.54. The molecule has 0 bridgehead atoms. The Morgan fingerprint density at radius 3 is 2.71 bits per heavy atom. The molecule has 0 saturated heterocycles. The van der Waals surface area contributed by atoms with Crippen molar-refractivity contribution in [3.8, 4) is 22.6 Å². The molecule has 0 spiro atoms. The zero-order valence-electron chi connectivity index (χ0n) is 18.5. The Hall–Kier alpha value is -2.72. The standard InChI is InChI=1S/C27H30N2O2/c1-3-29(4-2)15-13-18-5-6-19-7-10-22-23(11-12-25(22)30)26(19)24-17-20(8-9-21(18)24)27-28-14-16-31-27/h7-10,14,16-18H,3-6,11-13,15H2,1-2H3. The molecule has 2 aliphatic carbocycles. The Balaban J connectivity index is 1.63. The first-order valence-electron chi connectivity index (χ1n) is 11.6. The van der Waals surface area contributed by atoms with Crippen LogP contribution in [-0.2, 0) is 12.8 Å². The number of carbonyl (C=O) groups is 1. The smallest absolute Gasteiger partial charge is 0.225 e. The van der Waals surface area contributed by atoms with Crippen LogP contribution in [-0.4, -0.2) is 35.3 Å². The zero-order valence-corrected chi connectivity index (χ0v) is 18.5. The Morgan fingerprint density at radius 2 is 1.94 bits per heavy atom. The van der Waals surface area contributed by atoms with Crippen molar-refractivity contribution in [3.05, 3.63) is 65.0 Å². The summed E-state index contributed by atoms with van der Waals surface area (Å²) in [6.45, 7) is 7.78. The summed E-state index contributed by atoms with van der Waals surface area (Å²) in [6.07, 6.45) is 8.16. The number of nitrogens with zero attached hydrogens (tertiary/aromatic N) is 2. The van der Waals surface area contributed by atoms with E-state index in [9.17, 15) is 4.79 Å². The zero-order chi connectivity index (χ0) is 21.4. The van der Waals surface area contributed by atoms with Crippen LogP contribution in [0.2, 0.25) is 0 Å². The van der Waals surface area contributed by atoms with Crippen LogP contribution in [0.15, 0.2) is 47.2 Å². The third kappa shape index (κ3) is 3.63. The summed E-state index contributed by atoms with van der Waals surface area (Å²) in [6, 6.07) is 10.9. The van der Waals surface area contributed by atoms with Crippen molar-refractivity contribution in [1.82, 2.24) is 9.88 Å². The number of aryl methyl sites for hydroxylation is 1. The Morgan fingerprint density at radius 1 is 1.06 bits per heavy atom. The van der Waals surface area contributed by atoms with Gasteiger partial charge in [0.15, 0.2) is 5.78 Å². The molecule has 160 valence electrons. The lowest BCUT2D eigenvalue weighted by atomic mass is 9.86. The lowest BCUT2D eigenvalue weighted by molar-refractivity contribution is 0.0994. The SMILES string of the molecule is CCN(CC)CCC1CCc2ccc3c(c2-c2cc(-c4ncco4)ccc21)CCC3=O. The molecule has 0 amide bonds. The topological polar surface area (TPSA) is 46.3 Å². The first-order chi connectivity index (χ1) is 15.2. The van der Waals surface area contributed by atoms with Gasteiger partial charge in [-0.1, -0.05) is 32.0 Å². The fourth-order valence-electron chi connectivity index (χ4n) is 5.43. The average molecular weight is 415 g/mol. The van der Waals surface area contributed by atoms with Gasteiger partial charge in [-0.15, -0.1) is 0 Å². The molecule has 1 atom stereocenters. The van der Waals surface area contributed by atoms with Crippen molar-refractivity contribution in [2.24, 2.45) is 0 Å². The molecule has 2 aromatic carbocycles. The minimum absolute atomic E-state index is 0.283. The molecule has 0 radical (unpaired) electrons. The number of Topliss-reactive ketones (excluding diaryl/α,β-unsaturated/α-hetero) is 1. The molecule has 5 rings (SSSR count). The van der Waals surface area contributed by atoms with Crippen LogP contribution < -0.4 is 0 Å². The number of benzene rings is 2. The maximum absolute atomic E-state index is 12.5. The van der Waals surface area contributed by atoms with Crippen LogP contribution in [0.5, 0.6) is 0 Å². The maximum Gasteiger partial charge on any atom is 0.225 e. The van der Waals surface area contributed by atoms with Crippen molar-refractivity contribution >= 4 is 5.78 Å². The number of hydrogen-bond acceptors (Lipinski definition) is 4. The molecular formula is C27H30N2O2. The van der Waals surface area contributed by atoms with Crippen LogP contribution >= 0.6 is 0 Å². The number of carbonyl (C=O) groups excluding carboxylic acids is 1. The number of hydrogen-bond donors (Lipinski definition) is 0. The highest BCUT2D eigenvalue weighted by Crippen LogP contribution is 2.45. The van der Waals surface area contributed by atoms with E-state index in [-0.39, 0.29) is 5.78 Å². The normalized spacial score (nSPS) is 17.4. The highest BCUT2D eigenvalue weighted by molar-refractivity contribution is 6.03. The van der Waals surface area contributed by atoms with Crippen molar-refractivity contribution in [2.45, 2.75) is 51.9 Å². The monoisotopic (exact) mass is 414 g/mol.